The number of carboxylic acid groups (broad SMARTS) is 1. The smallest absolute Gasteiger partial charge is 0.352 e. The second-order valence-corrected chi connectivity index (χ2v) is 3.42. The summed E-state index contributed by atoms with van der Waals surface area (Å²) in [4.78, 5) is 28.7. The van der Waals surface area contributed by atoms with Crippen LogP contribution in [0.15, 0.2) is 24.7 Å². The number of amides is 1. The van der Waals surface area contributed by atoms with Gasteiger partial charge in [-0.1, -0.05) is 0 Å². The Labute approximate surface area is 96.1 Å². The first kappa shape index (κ1) is 10.9. The molecule has 0 aliphatic heterocycles. The monoisotopic (exact) mass is 234 g/mol. The summed E-state index contributed by atoms with van der Waals surface area (Å²) in [5.41, 5.74) is 0.399. The van der Waals surface area contributed by atoms with Crippen LogP contribution in [0.5, 0.6) is 0 Å². The number of imidazole rings is 1. The number of H-pyrrole nitrogens is 1. The van der Waals surface area contributed by atoms with Crippen molar-refractivity contribution in [3.8, 4) is 0 Å². The van der Waals surface area contributed by atoms with E-state index in [4.69, 9.17) is 5.11 Å². The standard InChI is InChI=1S/C10H10N4O3/c1-14-3-2-11-8(14)9(15)13-6-4-7(10(16)17)12-5-6/h2-5,12H,1H3,(H,13,15)(H,16,17). The van der Waals surface area contributed by atoms with E-state index in [-0.39, 0.29) is 11.5 Å². The van der Waals surface area contributed by atoms with Crippen LogP contribution in [0.3, 0.4) is 0 Å². The van der Waals surface area contributed by atoms with Gasteiger partial charge in [0.2, 0.25) is 0 Å². The molecule has 0 radical (unpaired) electrons. The van der Waals surface area contributed by atoms with E-state index in [1.807, 2.05) is 0 Å². The minimum absolute atomic E-state index is 0.0140. The van der Waals surface area contributed by atoms with Gasteiger partial charge < -0.3 is 20.0 Å². The van der Waals surface area contributed by atoms with Crippen molar-refractivity contribution in [2.75, 3.05) is 5.32 Å². The van der Waals surface area contributed by atoms with Crippen molar-refractivity contribution in [1.82, 2.24) is 14.5 Å². The van der Waals surface area contributed by atoms with E-state index in [1.54, 1.807) is 17.8 Å². The fourth-order valence-electron chi connectivity index (χ4n) is 1.36. The van der Waals surface area contributed by atoms with Gasteiger partial charge in [-0.15, -0.1) is 0 Å². The molecule has 0 spiro atoms. The fraction of sp³-hybridized carbons (Fsp3) is 0.100. The molecule has 0 aliphatic carbocycles. The zero-order valence-electron chi connectivity index (χ0n) is 8.97. The second kappa shape index (κ2) is 4.12. The molecule has 2 heterocycles. The number of nitrogens with one attached hydrogen (secondary N) is 2. The number of carbonyl (C=O) groups is 2. The summed E-state index contributed by atoms with van der Waals surface area (Å²) < 4.78 is 1.57. The molecular formula is C10H10N4O3. The second-order valence-electron chi connectivity index (χ2n) is 3.42. The van der Waals surface area contributed by atoms with Gasteiger partial charge in [-0.25, -0.2) is 9.78 Å². The van der Waals surface area contributed by atoms with Crippen LogP contribution in [-0.4, -0.2) is 31.5 Å². The van der Waals surface area contributed by atoms with Gasteiger partial charge in [-0.2, -0.15) is 0 Å². The van der Waals surface area contributed by atoms with Crippen molar-refractivity contribution in [2.45, 2.75) is 0 Å². The molecule has 0 fully saturated rings. The minimum atomic E-state index is -1.08. The lowest BCUT2D eigenvalue weighted by atomic mass is 10.4. The predicted octanol–water partition coefficient (Wildman–Crippen LogP) is 0.699. The van der Waals surface area contributed by atoms with Gasteiger partial charge in [0.15, 0.2) is 5.82 Å². The van der Waals surface area contributed by atoms with Crippen LogP contribution in [-0.2, 0) is 7.05 Å². The zero-order chi connectivity index (χ0) is 12.4. The predicted molar refractivity (Wildman–Crippen MR) is 58.9 cm³/mol. The number of aromatic amines is 1. The lowest BCUT2D eigenvalue weighted by Gasteiger charge is -2.01. The number of carbonyl (C=O) groups excluding carboxylic acids is 1. The molecule has 0 atom stereocenters. The van der Waals surface area contributed by atoms with E-state index < -0.39 is 11.9 Å². The largest absolute Gasteiger partial charge is 0.477 e. The van der Waals surface area contributed by atoms with Gasteiger partial charge in [0.05, 0.1) is 5.69 Å². The van der Waals surface area contributed by atoms with Gasteiger partial charge in [0, 0.05) is 25.6 Å². The molecule has 0 unspecified atom stereocenters. The normalized spacial score (nSPS) is 10.2. The Morgan fingerprint density at radius 2 is 2.29 bits per heavy atom. The zero-order valence-corrected chi connectivity index (χ0v) is 8.97. The highest BCUT2D eigenvalue weighted by molar-refractivity contribution is 6.02. The first-order valence-electron chi connectivity index (χ1n) is 4.78. The number of aryl methyl sites for hydroxylation is 1. The summed E-state index contributed by atoms with van der Waals surface area (Å²) in [6, 6.07) is 1.34. The third-order valence-corrected chi connectivity index (χ3v) is 2.20. The maximum atomic E-state index is 11.7. The van der Waals surface area contributed by atoms with Gasteiger partial charge in [0.25, 0.3) is 5.91 Å². The molecule has 17 heavy (non-hydrogen) atoms. The lowest BCUT2D eigenvalue weighted by molar-refractivity contribution is 0.0691. The molecular weight excluding hydrogens is 224 g/mol. The number of anilines is 1. The van der Waals surface area contributed by atoms with Gasteiger partial charge in [-0.05, 0) is 6.07 Å². The Bertz CT molecular complexity index is 570. The number of aromatic nitrogens is 3. The lowest BCUT2D eigenvalue weighted by Crippen LogP contribution is -2.16. The third-order valence-electron chi connectivity index (χ3n) is 2.20. The maximum Gasteiger partial charge on any atom is 0.352 e. The van der Waals surface area contributed by atoms with E-state index in [9.17, 15) is 9.59 Å². The molecule has 0 aliphatic rings. The highest BCUT2D eigenvalue weighted by atomic mass is 16.4. The molecule has 2 aromatic rings. The number of hydrogen-bond acceptors (Lipinski definition) is 3. The topological polar surface area (TPSA) is 100 Å². The molecule has 0 aromatic carbocycles. The quantitative estimate of drug-likeness (QED) is 0.727. The van der Waals surface area contributed by atoms with E-state index >= 15 is 0 Å². The van der Waals surface area contributed by atoms with Gasteiger partial charge in [-0.3, -0.25) is 4.79 Å². The molecule has 2 aromatic heterocycles. The van der Waals surface area contributed by atoms with Crippen molar-refractivity contribution in [1.29, 1.82) is 0 Å². The number of aromatic carboxylic acids is 1. The van der Waals surface area contributed by atoms with Crippen LogP contribution in [0.2, 0.25) is 0 Å². The highest BCUT2D eigenvalue weighted by Crippen LogP contribution is 2.10. The molecule has 1 amide bonds. The summed E-state index contributed by atoms with van der Waals surface area (Å²) in [6.45, 7) is 0. The summed E-state index contributed by atoms with van der Waals surface area (Å²) in [5.74, 6) is -1.22. The molecule has 0 saturated heterocycles. The Balaban J connectivity index is 2.13. The van der Waals surface area contributed by atoms with Crippen LogP contribution >= 0.6 is 0 Å². The Morgan fingerprint density at radius 3 is 2.82 bits per heavy atom. The van der Waals surface area contributed by atoms with Gasteiger partial charge >= 0.3 is 5.97 Å². The van der Waals surface area contributed by atoms with Crippen molar-refractivity contribution in [3.63, 3.8) is 0 Å². The first-order valence-corrected chi connectivity index (χ1v) is 4.78. The number of nitrogens with zero attached hydrogens (tertiary/aromatic N) is 2. The Kier molecular flexibility index (Phi) is 2.65. The average Bonchev–Trinajstić information content (AvgIpc) is 2.86. The van der Waals surface area contributed by atoms with E-state index in [1.165, 1.54) is 18.5 Å². The fourth-order valence-corrected chi connectivity index (χ4v) is 1.36. The SMILES string of the molecule is Cn1ccnc1C(=O)Nc1c[nH]c(C(=O)O)c1. The summed E-state index contributed by atoms with van der Waals surface area (Å²) in [6.07, 6.45) is 4.56. The molecule has 88 valence electrons. The van der Waals surface area contributed by atoms with Gasteiger partial charge in [0.1, 0.15) is 5.69 Å². The summed E-state index contributed by atoms with van der Waals surface area (Å²) >= 11 is 0. The van der Waals surface area contributed by atoms with Crippen LogP contribution in [0, 0.1) is 0 Å². The Hall–Kier alpha value is -2.57. The van der Waals surface area contributed by atoms with Crippen LogP contribution in [0.1, 0.15) is 21.1 Å². The van der Waals surface area contributed by atoms with Crippen molar-refractivity contribution in [2.24, 2.45) is 7.05 Å². The number of hydrogen-bond donors (Lipinski definition) is 3. The Morgan fingerprint density at radius 1 is 1.53 bits per heavy atom. The van der Waals surface area contributed by atoms with Crippen molar-refractivity contribution < 1.29 is 14.7 Å². The summed E-state index contributed by atoms with van der Waals surface area (Å²) in [5, 5.41) is 11.2. The molecule has 2 rings (SSSR count). The first-order chi connectivity index (χ1) is 8.08. The minimum Gasteiger partial charge on any atom is -0.477 e. The van der Waals surface area contributed by atoms with Crippen molar-refractivity contribution in [3.05, 3.63) is 36.2 Å². The average molecular weight is 234 g/mol. The van der Waals surface area contributed by atoms with Crippen LogP contribution in [0.25, 0.3) is 0 Å². The van der Waals surface area contributed by atoms with E-state index in [2.05, 4.69) is 15.3 Å². The molecule has 7 heteroatoms. The molecule has 3 N–H and O–H groups in total. The van der Waals surface area contributed by atoms with Crippen LogP contribution < -0.4 is 5.32 Å². The maximum absolute atomic E-state index is 11.7. The molecule has 0 saturated carbocycles. The molecule has 0 bridgehead atoms. The third kappa shape index (κ3) is 2.17. The van der Waals surface area contributed by atoms with Crippen molar-refractivity contribution >= 4 is 17.6 Å². The van der Waals surface area contributed by atoms with Crippen LogP contribution in [0.4, 0.5) is 5.69 Å². The van der Waals surface area contributed by atoms with E-state index in [0.717, 1.165) is 0 Å². The highest BCUT2D eigenvalue weighted by Gasteiger charge is 2.13. The van der Waals surface area contributed by atoms with E-state index in [0.29, 0.717) is 5.69 Å². The number of carboxylic acids is 1. The molecule has 7 nitrogen and oxygen atoms in total. The summed E-state index contributed by atoms with van der Waals surface area (Å²) in [7, 11) is 1.70. The number of rotatable bonds is 3.